The van der Waals surface area contributed by atoms with E-state index in [2.05, 4.69) is 51.5 Å². The van der Waals surface area contributed by atoms with E-state index in [4.69, 9.17) is 0 Å². The number of nitrogens with zero attached hydrogens (tertiary/aromatic N) is 2. The van der Waals surface area contributed by atoms with E-state index in [9.17, 15) is 15.5 Å². The molecule has 196 valence electrons. The number of oxime groups is 2. The van der Waals surface area contributed by atoms with Gasteiger partial charge in [-0.15, -0.1) is 5.16 Å². The molecule has 0 saturated heterocycles. The molecule has 5 heteroatoms. The Bertz CT molecular complexity index is 946. The lowest BCUT2D eigenvalue weighted by atomic mass is 9.32. The largest absolute Gasteiger partial charge is 0.411 e. The van der Waals surface area contributed by atoms with Gasteiger partial charge in [0, 0.05) is 10.8 Å². The summed E-state index contributed by atoms with van der Waals surface area (Å²) in [5.41, 5.74) is 2.29. The number of fused-ring (bicyclic) bond motifs is 7. The molecule has 3 N–H and O–H groups in total. The first kappa shape index (κ1) is 25.3. The molecule has 10 atom stereocenters. The average molecular weight is 485 g/mol. The fourth-order valence-electron chi connectivity index (χ4n) is 11.5. The van der Waals surface area contributed by atoms with Gasteiger partial charge in [-0.3, -0.25) is 0 Å². The summed E-state index contributed by atoms with van der Waals surface area (Å²) in [5, 5.41) is 37.3. The van der Waals surface area contributed by atoms with Crippen LogP contribution in [0.3, 0.4) is 0 Å². The quantitative estimate of drug-likeness (QED) is 0.176. The lowest BCUT2D eigenvalue weighted by Gasteiger charge is -2.72. The maximum atomic E-state index is 10.5. The highest BCUT2D eigenvalue weighted by atomic mass is 16.4. The Hall–Kier alpha value is -1.36. The van der Waals surface area contributed by atoms with Crippen LogP contribution in [-0.2, 0) is 0 Å². The molecular weight excluding hydrogens is 436 g/mol. The maximum Gasteiger partial charge on any atom is 0.0655 e. The fraction of sp³-hybridized carbons (Fsp3) is 0.867. The lowest BCUT2D eigenvalue weighted by Crippen LogP contribution is -2.67. The Morgan fingerprint density at radius 2 is 1.69 bits per heavy atom. The molecule has 0 aromatic carbocycles. The van der Waals surface area contributed by atoms with Crippen LogP contribution >= 0.6 is 0 Å². The van der Waals surface area contributed by atoms with Gasteiger partial charge in [-0.2, -0.15) is 0 Å². The topological polar surface area (TPSA) is 85.4 Å². The van der Waals surface area contributed by atoms with Gasteiger partial charge in [0.1, 0.15) is 0 Å². The van der Waals surface area contributed by atoms with Crippen molar-refractivity contribution >= 4 is 11.9 Å². The minimum atomic E-state index is -0.434. The predicted octanol–water partition coefficient (Wildman–Crippen LogP) is 6.91. The molecule has 0 radical (unpaired) electrons. The van der Waals surface area contributed by atoms with Crippen molar-refractivity contribution in [3.8, 4) is 0 Å². The standard InChI is InChI=1S/C30H48N2O3/c1-19(2)20-9-14-30(17-31-34)16-15-28(5)21(25(20)30)7-8-23-26(3)12-11-24(32-35)27(4,18-33)22(26)10-13-29(23,28)6/h17,20-23,25,33-35H,1,7-16,18H2,2-6H3/b31-17+,32-24-/t20-,21+,22+,23+,25+,26-,27+,28+,29+,30+/m0/s1. The number of aliphatic hydroxyl groups is 1. The summed E-state index contributed by atoms with van der Waals surface area (Å²) >= 11 is 0. The number of allylic oxidation sites excluding steroid dienone is 1. The molecule has 0 heterocycles. The molecule has 5 rings (SSSR count). The normalized spacial score (nSPS) is 54.7. The van der Waals surface area contributed by atoms with Crippen molar-refractivity contribution in [1.82, 2.24) is 0 Å². The van der Waals surface area contributed by atoms with E-state index in [1.807, 2.05) is 6.21 Å². The van der Waals surface area contributed by atoms with Crippen LogP contribution in [-0.4, -0.2) is 34.1 Å². The van der Waals surface area contributed by atoms with Gasteiger partial charge in [0.05, 0.1) is 18.5 Å². The van der Waals surface area contributed by atoms with E-state index in [-0.39, 0.29) is 28.3 Å². The van der Waals surface area contributed by atoms with Gasteiger partial charge < -0.3 is 15.5 Å². The second-order valence-corrected chi connectivity index (χ2v) is 14.3. The van der Waals surface area contributed by atoms with Crippen LogP contribution in [0.4, 0.5) is 0 Å². The third-order valence-electron chi connectivity index (χ3n) is 13.5. The van der Waals surface area contributed by atoms with Crippen molar-refractivity contribution in [2.24, 2.45) is 67.0 Å². The Morgan fingerprint density at radius 1 is 0.943 bits per heavy atom. The monoisotopic (exact) mass is 484 g/mol. The highest BCUT2D eigenvalue weighted by molar-refractivity contribution is 5.91. The predicted molar refractivity (Wildman–Crippen MR) is 140 cm³/mol. The van der Waals surface area contributed by atoms with E-state index >= 15 is 0 Å². The molecule has 0 spiro atoms. The number of hydrogen-bond acceptors (Lipinski definition) is 5. The van der Waals surface area contributed by atoms with Crippen LogP contribution in [0.15, 0.2) is 22.5 Å². The number of hydrogen-bond donors (Lipinski definition) is 3. The Kier molecular flexibility index (Phi) is 5.83. The molecule has 5 fully saturated rings. The average Bonchev–Trinajstić information content (AvgIpc) is 3.19. The van der Waals surface area contributed by atoms with E-state index < -0.39 is 5.41 Å². The van der Waals surface area contributed by atoms with Gasteiger partial charge in [-0.25, -0.2) is 0 Å². The van der Waals surface area contributed by atoms with E-state index in [0.717, 1.165) is 44.2 Å². The van der Waals surface area contributed by atoms with Gasteiger partial charge in [0.2, 0.25) is 0 Å². The molecule has 0 unspecified atom stereocenters. The molecule has 0 amide bonds. The van der Waals surface area contributed by atoms with Gasteiger partial charge >= 0.3 is 0 Å². The summed E-state index contributed by atoms with van der Waals surface area (Å²) in [4.78, 5) is 0. The van der Waals surface area contributed by atoms with Crippen molar-refractivity contribution in [3.05, 3.63) is 12.2 Å². The summed E-state index contributed by atoms with van der Waals surface area (Å²) in [7, 11) is 0. The first-order chi connectivity index (χ1) is 16.5. The molecule has 5 aliphatic rings. The number of aliphatic hydroxyl groups excluding tert-OH is 1. The molecule has 5 saturated carbocycles. The van der Waals surface area contributed by atoms with Crippen LogP contribution < -0.4 is 0 Å². The van der Waals surface area contributed by atoms with Crippen LogP contribution in [0, 0.1) is 56.7 Å². The Labute approximate surface area is 212 Å². The highest BCUT2D eigenvalue weighted by Gasteiger charge is 2.71. The molecule has 0 aromatic rings. The van der Waals surface area contributed by atoms with E-state index in [0.29, 0.717) is 29.6 Å². The zero-order valence-corrected chi connectivity index (χ0v) is 22.7. The van der Waals surface area contributed by atoms with Crippen molar-refractivity contribution in [2.75, 3.05) is 6.61 Å². The van der Waals surface area contributed by atoms with E-state index in [1.165, 1.54) is 31.3 Å². The molecule has 0 aliphatic heterocycles. The Morgan fingerprint density at radius 3 is 2.31 bits per heavy atom. The maximum absolute atomic E-state index is 10.5. The van der Waals surface area contributed by atoms with Gasteiger partial charge in [0.15, 0.2) is 0 Å². The van der Waals surface area contributed by atoms with Crippen LogP contribution in [0.5, 0.6) is 0 Å². The minimum absolute atomic E-state index is 0.0135. The zero-order valence-electron chi connectivity index (χ0n) is 22.7. The summed E-state index contributed by atoms with van der Waals surface area (Å²) in [5.74, 6) is 2.59. The summed E-state index contributed by atoms with van der Waals surface area (Å²) in [6.07, 6.45) is 13.0. The van der Waals surface area contributed by atoms with Gasteiger partial charge in [-0.1, -0.05) is 45.0 Å². The van der Waals surface area contributed by atoms with Crippen LogP contribution in [0.25, 0.3) is 0 Å². The van der Waals surface area contributed by atoms with Crippen LogP contribution in [0.2, 0.25) is 0 Å². The highest BCUT2D eigenvalue weighted by Crippen LogP contribution is 2.77. The second-order valence-electron chi connectivity index (χ2n) is 14.3. The third-order valence-corrected chi connectivity index (χ3v) is 13.5. The molecule has 0 aromatic heterocycles. The SMILES string of the molecule is C=C(C)[C@@H]1CC[C@]2(/C=N/O)CC[C@]3(C)[C@H](CC[C@@H]4[C@@]5(C)CC/C(=N/O)[C@](C)(CO)[C@@H]5CC[C@]43C)[C@@H]12. The first-order valence-electron chi connectivity index (χ1n) is 14.1. The van der Waals surface area contributed by atoms with Crippen molar-refractivity contribution in [3.63, 3.8) is 0 Å². The third kappa shape index (κ3) is 3.03. The summed E-state index contributed by atoms with van der Waals surface area (Å²) in [6, 6.07) is 0. The second kappa shape index (κ2) is 8.07. The van der Waals surface area contributed by atoms with Crippen molar-refractivity contribution in [1.29, 1.82) is 0 Å². The Balaban J connectivity index is 1.56. The van der Waals surface area contributed by atoms with Crippen LogP contribution in [0.1, 0.15) is 98.8 Å². The summed E-state index contributed by atoms with van der Waals surface area (Å²) in [6.45, 7) is 16.5. The zero-order chi connectivity index (χ0) is 25.4. The van der Waals surface area contributed by atoms with E-state index in [1.54, 1.807) is 0 Å². The molecular formula is C30H48N2O3. The fourth-order valence-corrected chi connectivity index (χ4v) is 11.5. The minimum Gasteiger partial charge on any atom is -0.411 e. The smallest absolute Gasteiger partial charge is 0.0655 e. The molecule has 0 bridgehead atoms. The van der Waals surface area contributed by atoms with Gasteiger partial charge in [0.25, 0.3) is 0 Å². The first-order valence-corrected chi connectivity index (χ1v) is 14.1. The van der Waals surface area contributed by atoms with Crippen molar-refractivity contribution in [2.45, 2.75) is 98.8 Å². The number of rotatable bonds is 3. The molecule has 35 heavy (non-hydrogen) atoms. The lowest BCUT2D eigenvalue weighted by molar-refractivity contribution is -0.225. The van der Waals surface area contributed by atoms with Crippen molar-refractivity contribution < 1.29 is 15.5 Å². The molecule has 5 nitrogen and oxygen atoms in total. The molecule has 5 aliphatic carbocycles. The summed E-state index contributed by atoms with van der Waals surface area (Å²) < 4.78 is 0. The van der Waals surface area contributed by atoms with Gasteiger partial charge in [-0.05, 0) is 117 Å².